The molecule has 1 fully saturated rings. The molecule has 2 aromatic rings. The van der Waals surface area contributed by atoms with E-state index in [2.05, 4.69) is 15.3 Å². The van der Waals surface area contributed by atoms with Crippen LogP contribution in [0.5, 0.6) is 0 Å². The molecule has 5 nitrogen and oxygen atoms in total. The van der Waals surface area contributed by atoms with E-state index in [0.29, 0.717) is 5.92 Å². The molecule has 0 saturated heterocycles. The normalized spacial score (nSPS) is 18.7. The lowest BCUT2D eigenvalue weighted by molar-refractivity contribution is 0.0172. The van der Waals surface area contributed by atoms with E-state index in [1.807, 2.05) is 25.3 Å². The minimum Gasteiger partial charge on any atom is -0.369 e. The Labute approximate surface area is 117 Å². The molecule has 1 aliphatic rings. The van der Waals surface area contributed by atoms with Crippen molar-refractivity contribution >= 4 is 16.3 Å². The molecule has 0 bridgehead atoms. The topological polar surface area (TPSA) is 52.3 Å². The van der Waals surface area contributed by atoms with E-state index in [-0.39, 0.29) is 12.2 Å². The average molecular weight is 280 g/mol. The van der Waals surface area contributed by atoms with Crippen molar-refractivity contribution in [3.05, 3.63) is 10.8 Å². The smallest absolute Gasteiger partial charge is 0.234 e. The van der Waals surface area contributed by atoms with Crippen molar-refractivity contribution in [3.63, 3.8) is 0 Å². The van der Waals surface area contributed by atoms with Crippen molar-refractivity contribution < 1.29 is 4.74 Å². The second-order valence-electron chi connectivity index (χ2n) is 5.50. The van der Waals surface area contributed by atoms with Gasteiger partial charge in [0.15, 0.2) is 5.82 Å². The van der Waals surface area contributed by atoms with Crippen LogP contribution in [0.3, 0.4) is 0 Å². The second-order valence-corrected chi connectivity index (χ2v) is 6.49. The Morgan fingerprint density at radius 1 is 1.21 bits per heavy atom. The summed E-state index contributed by atoms with van der Waals surface area (Å²) in [6.45, 7) is 6.13. The van der Waals surface area contributed by atoms with Crippen LogP contribution >= 0.6 is 11.3 Å². The summed E-state index contributed by atoms with van der Waals surface area (Å²) in [5, 5.41) is 14.2. The molecule has 0 spiro atoms. The highest BCUT2D eigenvalue weighted by atomic mass is 32.1. The first-order valence-electron chi connectivity index (χ1n) is 7.02. The van der Waals surface area contributed by atoms with E-state index < -0.39 is 0 Å². The van der Waals surface area contributed by atoms with Crippen LogP contribution in [0, 0.1) is 0 Å². The maximum atomic E-state index is 5.79. The summed E-state index contributed by atoms with van der Waals surface area (Å²) in [7, 11) is 0. The Balaban J connectivity index is 1.88. The van der Waals surface area contributed by atoms with Crippen molar-refractivity contribution in [2.45, 2.75) is 64.6 Å². The van der Waals surface area contributed by atoms with E-state index in [4.69, 9.17) is 4.74 Å². The maximum Gasteiger partial charge on any atom is 0.234 e. The lowest BCUT2D eigenvalue weighted by Gasteiger charge is -2.12. The van der Waals surface area contributed by atoms with Crippen molar-refractivity contribution in [1.82, 2.24) is 19.8 Å². The summed E-state index contributed by atoms with van der Waals surface area (Å²) in [4.78, 5) is 0.885. The number of nitrogens with zero attached hydrogens (tertiary/aromatic N) is 4. The number of ether oxygens (including phenoxy) is 1. The van der Waals surface area contributed by atoms with Gasteiger partial charge in [0.1, 0.15) is 11.1 Å². The number of hydrogen-bond donors (Lipinski definition) is 0. The quantitative estimate of drug-likeness (QED) is 0.862. The van der Waals surface area contributed by atoms with Gasteiger partial charge >= 0.3 is 0 Å². The molecule has 1 saturated carbocycles. The largest absolute Gasteiger partial charge is 0.369 e. The zero-order valence-corrected chi connectivity index (χ0v) is 12.5. The van der Waals surface area contributed by atoms with Gasteiger partial charge in [-0.25, -0.2) is 0 Å². The molecule has 1 atom stereocenters. The third kappa shape index (κ3) is 2.51. The summed E-state index contributed by atoms with van der Waals surface area (Å²) in [6, 6.07) is 0. The molecule has 0 amide bonds. The van der Waals surface area contributed by atoms with Crippen LogP contribution in [0.2, 0.25) is 0 Å². The predicted octanol–water partition coefficient (Wildman–Crippen LogP) is 3.33. The Morgan fingerprint density at radius 3 is 2.63 bits per heavy atom. The first kappa shape index (κ1) is 13.0. The van der Waals surface area contributed by atoms with Crippen LogP contribution in [-0.2, 0) is 4.74 Å². The summed E-state index contributed by atoms with van der Waals surface area (Å²) < 4.78 is 7.71. The molecule has 6 heteroatoms. The van der Waals surface area contributed by atoms with Gasteiger partial charge in [-0.1, -0.05) is 24.2 Å². The van der Waals surface area contributed by atoms with Crippen molar-refractivity contribution in [1.29, 1.82) is 0 Å². The molecule has 0 aliphatic heterocycles. The zero-order valence-electron chi connectivity index (χ0n) is 11.7. The van der Waals surface area contributed by atoms with Gasteiger partial charge in [-0.15, -0.1) is 10.2 Å². The molecular formula is C13H20N4OS. The summed E-state index contributed by atoms with van der Waals surface area (Å²) in [5.41, 5.74) is 0. The SMILES string of the molecule is CC(C)O[C@H](C)c1nn2c(C3CCCC3)nnc2s1. The maximum absolute atomic E-state index is 5.79. The third-order valence-corrected chi connectivity index (χ3v) is 4.63. The van der Waals surface area contributed by atoms with Gasteiger partial charge in [-0.2, -0.15) is 9.61 Å². The van der Waals surface area contributed by atoms with E-state index in [9.17, 15) is 0 Å². The summed E-state index contributed by atoms with van der Waals surface area (Å²) in [5.74, 6) is 1.57. The summed E-state index contributed by atoms with van der Waals surface area (Å²) in [6.07, 6.45) is 5.24. The lowest BCUT2D eigenvalue weighted by atomic mass is 10.1. The Kier molecular flexibility index (Phi) is 3.54. The van der Waals surface area contributed by atoms with Crippen LogP contribution in [-0.4, -0.2) is 25.9 Å². The molecule has 0 aromatic carbocycles. The van der Waals surface area contributed by atoms with E-state index in [1.54, 1.807) is 11.3 Å². The van der Waals surface area contributed by atoms with Crippen molar-refractivity contribution in [2.24, 2.45) is 0 Å². The minimum absolute atomic E-state index is 0.0168. The average Bonchev–Trinajstić information content (AvgIpc) is 3.03. The third-order valence-electron chi connectivity index (χ3n) is 3.57. The van der Waals surface area contributed by atoms with Gasteiger partial charge in [0.25, 0.3) is 0 Å². The Bertz CT molecular complexity index is 556. The van der Waals surface area contributed by atoms with Crippen LogP contribution in [0.1, 0.15) is 69.3 Å². The number of rotatable bonds is 4. The van der Waals surface area contributed by atoms with Gasteiger partial charge < -0.3 is 4.74 Å². The van der Waals surface area contributed by atoms with Crippen LogP contribution in [0.15, 0.2) is 0 Å². The number of fused-ring (bicyclic) bond motifs is 1. The van der Waals surface area contributed by atoms with Gasteiger partial charge in [0, 0.05) is 5.92 Å². The molecule has 2 aromatic heterocycles. The van der Waals surface area contributed by atoms with E-state index in [0.717, 1.165) is 15.8 Å². The Morgan fingerprint density at radius 2 is 1.95 bits per heavy atom. The standard InChI is InChI=1S/C13H20N4OS/c1-8(2)18-9(3)12-16-17-11(10-6-4-5-7-10)14-15-13(17)19-12/h8-10H,4-7H2,1-3H3/t9-/m1/s1. The number of aromatic nitrogens is 4. The molecule has 3 rings (SSSR count). The fraction of sp³-hybridized carbons (Fsp3) is 0.769. The van der Waals surface area contributed by atoms with Crippen molar-refractivity contribution in [2.75, 3.05) is 0 Å². The van der Waals surface area contributed by atoms with E-state index in [1.165, 1.54) is 25.7 Å². The minimum atomic E-state index is 0.0168. The molecule has 0 unspecified atom stereocenters. The summed E-state index contributed by atoms with van der Waals surface area (Å²) >= 11 is 1.58. The Hall–Kier alpha value is -1.01. The van der Waals surface area contributed by atoms with Crippen LogP contribution in [0.4, 0.5) is 0 Å². The molecule has 19 heavy (non-hydrogen) atoms. The highest BCUT2D eigenvalue weighted by Gasteiger charge is 2.25. The second kappa shape index (κ2) is 5.17. The predicted molar refractivity (Wildman–Crippen MR) is 74.5 cm³/mol. The first-order valence-corrected chi connectivity index (χ1v) is 7.84. The van der Waals surface area contributed by atoms with Gasteiger partial charge in [-0.3, -0.25) is 0 Å². The molecule has 1 aliphatic carbocycles. The molecule has 0 radical (unpaired) electrons. The van der Waals surface area contributed by atoms with Gasteiger partial charge in [0.05, 0.1) is 6.10 Å². The highest BCUT2D eigenvalue weighted by molar-refractivity contribution is 7.16. The van der Waals surface area contributed by atoms with Gasteiger partial charge in [0.2, 0.25) is 4.96 Å². The van der Waals surface area contributed by atoms with Crippen LogP contribution < -0.4 is 0 Å². The van der Waals surface area contributed by atoms with Gasteiger partial charge in [-0.05, 0) is 33.6 Å². The van der Waals surface area contributed by atoms with Crippen LogP contribution in [0.25, 0.3) is 4.96 Å². The molecular weight excluding hydrogens is 260 g/mol. The van der Waals surface area contributed by atoms with E-state index >= 15 is 0 Å². The van der Waals surface area contributed by atoms with Crippen molar-refractivity contribution in [3.8, 4) is 0 Å². The molecule has 104 valence electrons. The fourth-order valence-electron chi connectivity index (χ4n) is 2.72. The lowest BCUT2D eigenvalue weighted by Crippen LogP contribution is -2.08. The zero-order chi connectivity index (χ0) is 13.4. The molecule has 0 N–H and O–H groups in total. The fourth-order valence-corrected chi connectivity index (χ4v) is 3.55. The molecule has 2 heterocycles. The highest BCUT2D eigenvalue weighted by Crippen LogP contribution is 2.34. The number of hydrogen-bond acceptors (Lipinski definition) is 5. The monoisotopic (exact) mass is 280 g/mol. The first-order chi connectivity index (χ1) is 9.15.